The van der Waals surface area contributed by atoms with Gasteiger partial charge >= 0.3 is 0 Å². The van der Waals surface area contributed by atoms with E-state index >= 15 is 0 Å². The van der Waals surface area contributed by atoms with Gasteiger partial charge in [0.15, 0.2) is 0 Å². The molecule has 1 fully saturated rings. The third-order valence-corrected chi connectivity index (χ3v) is 2.45. The Hall–Kier alpha value is -0.0800. The molecule has 0 saturated carbocycles. The number of rotatable bonds is 1. The van der Waals surface area contributed by atoms with E-state index in [1.807, 2.05) is 0 Å². The van der Waals surface area contributed by atoms with Crippen molar-refractivity contribution >= 4 is 0 Å². The molecule has 0 amide bonds. The van der Waals surface area contributed by atoms with Gasteiger partial charge in [-0.3, -0.25) is 4.90 Å². The van der Waals surface area contributed by atoms with Gasteiger partial charge in [-0.1, -0.05) is 0 Å². The van der Waals surface area contributed by atoms with Gasteiger partial charge < -0.3 is 5.11 Å². The summed E-state index contributed by atoms with van der Waals surface area (Å²) in [7, 11) is 0. The van der Waals surface area contributed by atoms with Crippen molar-refractivity contribution in [2.75, 3.05) is 13.2 Å². The quantitative estimate of drug-likeness (QED) is 0.619. The second-order valence-electron chi connectivity index (χ2n) is 4.34. The molecule has 0 radical (unpaired) electrons. The Kier molecular flexibility index (Phi) is 2.55. The van der Waals surface area contributed by atoms with Crippen LogP contribution in [0.3, 0.4) is 0 Å². The van der Waals surface area contributed by atoms with Crippen molar-refractivity contribution in [3.8, 4) is 0 Å². The van der Waals surface area contributed by atoms with Crippen molar-refractivity contribution in [2.45, 2.75) is 45.2 Å². The molecule has 2 heteroatoms. The molecule has 0 aliphatic carbocycles. The Morgan fingerprint density at radius 2 is 2.09 bits per heavy atom. The molecule has 0 spiro atoms. The number of aliphatic hydroxyl groups excluding tert-OH is 1. The first-order valence-corrected chi connectivity index (χ1v) is 4.43. The van der Waals surface area contributed by atoms with E-state index in [4.69, 9.17) is 5.11 Å². The Bertz CT molecular complexity index is 128. The van der Waals surface area contributed by atoms with Crippen LogP contribution in [-0.2, 0) is 0 Å². The highest BCUT2D eigenvalue weighted by atomic mass is 16.3. The van der Waals surface area contributed by atoms with E-state index in [0.717, 1.165) is 13.0 Å². The van der Waals surface area contributed by atoms with Gasteiger partial charge in [0.25, 0.3) is 0 Å². The summed E-state index contributed by atoms with van der Waals surface area (Å²) in [5.41, 5.74) is 0.226. The van der Waals surface area contributed by atoms with E-state index in [0.29, 0.717) is 12.6 Å². The molecule has 2 nitrogen and oxygen atoms in total. The van der Waals surface area contributed by atoms with E-state index < -0.39 is 0 Å². The van der Waals surface area contributed by atoms with E-state index in [2.05, 4.69) is 25.7 Å². The predicted octanol–water partition coefficient (Wildman–Crippen LogP) is 1.24. The monoisotopic (exact) mass is 157 g/mol. The average Bonchev–Trinajstić information content (AvgIpc) is 2.31. The summed E-state index contributed by atoms with van der Waals surface area (Å²) in [6.07, 6.45) is 2.40. The topological polar surface area (TPSA) is 23.5 Å². The van der Waals surface area contributed by atoms with Gasteiger partial charge in [0, 0.05) is 11.6 Å². The van der Waals surface area contributed by atoms with Crippen molar-refractivity contribution in [3.05, 3.63) is 0 Å². The lowest BCUT2D eigenvalue weighted by Crippen LogP contribution is -2.45. The van der Waals surface area contributed by atoms with Crippen LogP contribution >= 0.6 is 0 Å². The van der Waals surface area contributed by atoms with Gasteiger partial charge in [-0.15, -0.1) is 0 Å². The fraction of sp³-hybridized carbons (Fsp3) is 1.00. The van der Waals surface area contributed by atoms with Gasteiger partial charge in [-0.2, -0.15) is 0 Å². The first-order chi connectivity index (χ1) is 5.05. The maximum atomic E-state index is 9.06. The van der Waals surface area contributed by atoms with E-state index in [9.17, 15) is 0 Å². The van der Waals surface area contributed by atoms with E-state index in [1.54, 1.807) is 0 Å². The molecule has 1 N–H and O–H groups in total. The molecule has 1 heterocycles. The Labute approximate surface area is 69.2 Å². The minimum atomic E-state index is 0.226. The van der Waals surface area contributed by atoms with Crippen LogP contribution in [-0.4, -0.2) is 34.7 Å². The summed E-state index contributed by atoms with van der Waals surface area (Å²) in [6, 6.07) is 0.412. The van der Waals surface area contributed by atoms with Crippen molar-refractivity contribution in [2.24, 2.45) is 0 Å². The normalized spacial score (nSPS) is 27.8. The van der Waals surface area contributed by atoms with Crippen molar-refractivity contribution in [1.82, 2.24) is 4.90 Å². The molecule has 11 heavy (non-hydrogen) atoms. The van der Waals surface area contributed by atoms with Crippen LogP contribution in [0.4, 0.5) is 0 Å². The maximum Gasteiger partial charge on any atom is 0.0587 e. The standard InChI is InChI=1S/C9H19NO/c1-9(2,3)10-6-4-5-8(10)7-11/h8,11H,4-7H2,1-3H3. The van der Waals surface area contributed by atoms with Gasteiger partial charge in [-0.05, 0) is 40.2 Å². The second-order valence-corrected chi connectivity index (χ2v) is 4.34. The lowest BCUT2D eigenvalue weighted by atomic mass is 10.1. The molecule has 1 rings (SSSR count). The number of nitrogens with zero attached hydrogens (tertiary/aromatic N) is 1. The summed E-state index contributed by atoms with van der Waals surface area (Å²) in [5.74, 6) is 0. The molecular weight excluding hydrogens is 138 g/mol. The SMILES string of the molecule is CC(C)(C)N1CCCC1CO. The van der Waals surface area contributed by atoms with Crippen molar-refractivity contribution in [3.63, 3.8) is 0 Å². The summed E-state index contributed by atoms with van der Waals surface area (Å²) in [4.78, 5) is 2.40. The lowest BCUT2D eigenvalue weighted by Gasteiger charge is -2.36. The zero-order valence-corrected chi connectivity index (χ0v) is 7.80. The number of aliphatic hydroxyl groups is 1. The van der Waals surface area contributed by atoms with Crippen LogP contribution < -0.4 is 0 Å². The molecule has 1 unspecified atom stereocenters. The first-order valence-electron chi connectivity index (χ1n) is 4.43. The number of likely N-dealkylation sites (tertiary alicyclic amines) is 1. The maximum absolute atomic E-state index is 9.06. The van der Waals surface area contributed by atoms with Crippen LogP contribution in [0.15, 0.2) is 0 Å². The number of hydrogen-bond donors (Lipinski definition) is 1. The molecular formula is C9H19NO. The summed E-state index contributed by atoms with van der Waals surface area (Å²) in [6.45, 7) is 8.09. The zero-order valence-electron chi connectivity index (χ0n) is 7.80. The van der Waals surface area contributed by atoms with E-state index in [-0.39, 0.29) is 5.54 Å². The summed E-state index contributed by atoms with van der Waals surface area (Å²) < 4.78 is 0. The minimum absolute atomic E-state index is 0.226. The molecule has 0 aromatic carbocycles. The average molecular weight is 157 g/mol. The Balaban J connectivity index is 2.57. The smallest absolute Gasteiger partial charge is 0.0587 e. The molecule has 1 saturated heterocycles. The predicted molar refractivity (Wildman–Crippen MR) is 46.6 cm³/mol. The third kappa shape index (κ3) is 1.94. The molecule has 1 aliphatic rings. The molecule has 0 bridgehead atoms. The van der Waals surface area contributed by atoms with Crippen LogP contribution in [0.25, 0.3) is 0 Å². The molecule has 0 aromatic rings. The first kappa shape index (κ1) is 9.01. The molecule has 1 aliphatic heterocycles. The summed E-state index contributed by atoms with van der Waals surface area (Å²) in [5, 5.41) is 9.06. The van der Waals surface area contributed by atoms with Crippen LogP contribution in [0.5, 0.6) is 0 Å². The second kappa shape index (κ2) is 3.11. The molecule has 0 aromatic heterocycles. The van der Waals surface area contributed by atoms with Gasteiger partial charge in [0.05, 0.1) is 6.61 Å². The number of hydrogen-bond acceptors (Lipinski definition) is 2. The highest BCUT2D eigenvalue weighted by Gasteiger charge is 2.31. The Morgan fingerprint density at radius 1 is 1.45 bits per heavy atom. The van der Waals surface area contributed by atoms with Crippen molar-refractivity contribution in [1.29, 1.82) is 0 Å². The largest absolute Gasteiger partial charge is 0.395 e. The molecule has 1 atom stereocenters. The summed E-state index contributed by atoms with van der Waals surface area (Å²) >= 11 is 0. The zero-order chi connectivity index (χ0) is 8.48. The fourth-order valence-corrected chi connectivity index (χ4v) is 1.91. The fourth-order valence-electron chi connectivity index (χ4n) is 1.91. The minimum Gasteiger partial charge on any atom is -0.395 e. The Morgan fingerprint density at radius 3 is 2.45 bits per heavy atom. The van der Waals surface area contributed by atoms with Crippen LogP contribution in [0.2, 0.25) is 0 Å². The van der Waals surface area contributed by atoms with Crippen LogP contribution in [0, 0.1) is 0 Å². The lowest BCUT2D eigenvalue weighted by molar-refractivity contribution is 0.0804. The van der Waals surface area contributed by atoms with Crippen molar-refractivity contribution < 1.29 is 5.11 Å². The van der Waals surface area contributed by atoms with Gasteiger partial charge in [-0.25, -0.2) is 0 Å². The third-order valence-electron chi connectivity index (χ3n) is 2.45. The van der Waals surface area contributed by atoms with Gasteiger partial charge in [0.1, 0.15) is 0 Å². The highest BCUT2D eigenvalue weighted by molar-refractivity contribution is 4.87. The van der Waals surface area contributed by atoms with Crippen LogP contribution in [0.1, 0.15) is 33.6 Å². The van der Waals surface area contributed by atoms with E-state index in [1.165, 1.54) is 6.42 Å². The van der Waals surface area contributed by atoms with Gasteiger partial charge in [0.2, 0.25) is 0 Å². The highest BCUT2D eigenvalue weighted by Crippen LogP contribution is 2.25. The molecule has 66 valence electrons.